The Kier molecular flexibility index (Phi) is 7.70. The van der Waals surface area contributed by atoms with E-state index in [4.69, 9.17) is 9.47 Å². The summed E-state index contributed by atoms with van der Waals surface area (Å²) in [6.07, 6.45) is 1.65. The Morgan fingerprint density at radius 3 is 2.56 bits per heavy atom. The number of nitro groups is 1. The van der Waals surface area contributed by atoms with Crippen LogP contribution in [0.15, 0.2) is 71.6 Å². The summed E-state index contributed by atoms with van der Waals surface area (Å²) in [6, 6.07) is 19.2. The highest BCUT2D eigenvalue weighted by atomic mass is 32.2. The number of benzene rings is 3. The Bertz CT molecular complexity index is 1350. The number of para-hydroxylation sites is 1. The lowest BCUT2D eigenvalue weighted by Crippen LogP contribution is -2.27. The van der Waals surface area contributed by atoms with Crippen molar-refractivity contribution in [3.8, 4) is 11.5 Å². The smallest absolute Gasteiger partial charge is 0.293 e. The largest absolute Gasteiger partial charge is 0.490 e. The van der Waals surface area contributed by atoms with E-state index < -0.39 is 4.92 Å². The zero-order valence-corrected chi connectivity index (χ0v) is 20.6. The first-order chi connectivity index (χ1) is 17.4. The molecule has 1 fully saturated rings. The highest BCUT2D eigenvalue weighted by Crippen LogP contribution is 2.36. The summed E-state index contributed by atoms with van der Waals surface area (Å²) < 4.78 is 11.5. The second-order valence-corrected chi connectivity index (χ2v) is 9.06. The standard InChI is InChI=1S/C27H24N2O6S/c1-3-34-24-14-19(11-12-23(24)35-17-21-9-4-5-10-22(21)29(32)33)15-25-26(30)28(27(31)36-25)16-20-8-6-7-18(2)13-20/h4-15H,3,16-17H2,1-2H3/b25-15-. The van der Waals surface area contributed by atoms with Crippen LogP contribution in [0.25, 0.3) is 6.08 Å². The summed E-state index contributed by atoms with van der Waals surface area (Å²) in [7, 11) is 0. The van der Waals surface area contributed by atoms with Gasteiger partial charge in [0, 0.05) is 6.07 Å². The SMILES string of the molecule is CCOc1cc(/C=C2\SC(=O)N(Cc3cccc(C)c3)C2=O)ccc1OCc1ccccc1[N+](=O)[O-]. The van der Waals surface area contributed by atoms with Gasteiger partial charge >= 0.3 is 0 Å². The number of carbonyl (C=O) groups excluding carboxylic acids is 2. The maximum atomic E-state index is 12.9. The summed E-state index contributed by atoms with van der Waals surface area (Å²) in [6.45, 7) is 4.37. The van der Waals surface area contributed by atoms with Crippen molar-refractivity contribution < 1.29 is 24.0 Å². The number of thioether (sulfide) groups is 1. The van der Waals surface area contributed by atoms with Gasteiger partial charge in [0.25, 0.3) is 16.8 Å². The minimum Gasteiger partial charge on any atom is -0.490 e. The Hall–Kier alpha value is -4.11. The van der Waals surface area contributed by atoms with E-state index in [0.29, 0.717) is 34.1 Å². The minimum atomic E-state index is -0.447. The quantitative estimate of drug-likeness (QED) is 0.197. The molecule has 0 radical (unpaired) electrons. The van der Waals surface area contributed by atoms with E-state index >= 15 is 0 Å². The fraction of sp³-hybridized carbons (Fsp3) is 0.185. The van der Waals surface area contributed by atoms with Gasteiger partial charge in [0.1, 0.15) is 6.61 Å². The number of amides is 2. The van der Waals surface area contributed by atoms with Crippen molar-refractivity contribution in [1.82, 2.24) is 4.90 Å². The molecule has 1 saturated heterocycles. The third-order valence-electron chi connectivity index (χ3n) is 5.43. The molecule has 0 aromatic heterocycles. The summed E-state index contributed by atoms with van der Waals surface area (Å²) in [5, 5.41) is 10.9. The van der Waals surface area contributed by atoms with Gasteiger partial charge in [-0.15, -0.1) is 0 Å². The number of hydrogen-bond acceptors (Lipinski definition) is 7. The van der Waals surface area contributed by atoms with Crippen LogP contribution in [0.3, 0.4) is 0 Å². The van der Waals surface area contributed by atoms with Crippen molar-refractivity contribution in [3.63, 3.8) is 0 Å². The van der Waals surface area contributed by atoms with E-state index in [9.17, 15) is 19.7 Å². The molecule has 3 aromatic carbocycles. The second-order valence-electron chi connectivity index (χ2n) is 8.07. The van der Waals surface area contributed by atoms with Gasteiger partial charge in [0.05, 0.1) is 28.5 Å². The normalized spacial score (nSPS) is 14.4. The van der Waals surface area contributed by atoms with Crippen LogP contribution >= 0.6 is 11.8 Å². The topological polar surface area (TPSA) is 99.0 Å². The van der Waals surface area contributed by atoms with Crippen molar-refractivity contribution in [2.75, 3.05) is 6.61 Å². The van der Waals surface area contributed by atoms with Gasteiger partial charge < -0.3 is 9.47 Å². The van der Waals surface area contributed by atoms with Gasteiger partial charge in [-0.25, -0.2) is 0 Å². The summed E-state index contributed by atoms with van der Waals surface area (Å²) >= 11 is 0.898. The number of nitro benzene ring substituents is 1. The highest BCUT2D eigenvalue weighted by Gasteiger charge is 2.35. The molecule has 36 heavy (non-hydrogen) atoms. The average Bonchev–Trinajstić information content (AvgIpc) is 3.11. The molecule has 0 atom stereocenters. The lowest BCUT2D eigenvalue weighted by molar-refractivity contribution is -0.385. The molecule has 3 aromatic rings. The minimum absolute atomic E-state index is 0.00553. The number of ether oxygens (including phenoxy) is 2. The Balaban J connectivity index is 1.52. The van der Waals surface area contributed by atoms with Gasteiger partial charge in [-0.2, -0.15) is 0 Å². The number of nitrogens with zero attached hydrogens (tertiary/aromatic N) is 2. The van der Waals surface area contributed by atoms with Gasteiger partial charge in [-0.05, 0) is 61.0 Å². The van der Waals surface area contributed by atoms with Gasteiger partial charge in [-0.3, -0.25) is 24.6 Å². The molecular formula is C27H24N2O6S. The molecule has 0 bridgehead atoms. The zero-order valence-electron chi connectivity index (χ0n) is 19.8. The molecule has 4 rings (SSSR count). The molecule has 9 heteroatoms. The number of carbonyl (C=O) groups is 2. The third-order valence-corrected chi connectivity index (χ3v) is 6.34. The molecule has 2 amide bonds. The fourth-order valence-corrected chi connectivity index (χ4v) is 4.59. The maximum Gasteiger partial charge on any atom is 0.293 e. The molecule has 0 N–H and O–H groups in total. The highest BCUT2D eigenvalue weighted by molar-refractivity contribution is 8.18. The average molecular weight is 505 g/mol. The van der Waals surface area contributed by atoms with Crippen LogP contribution in [0.2, 0.25) is 0 Å². The van der Waals surface area contributed by atoms with E-state index in [-0.39, 0.29) is 30.0 Å². The molecule has 0 aliphatic carbocycles. The molecule has 0 saturated carbocycles. The van der Waals surface area contributed by atoms with E-state index in [0.717, 1.165) is 22.9 Å². The molecule has 0 unspecified atom stereocenters. The number of aryl methyl sites for hydroxylation is 1. The predicted octanol–water partition coefficient (Wildman–Crippen LogP) is 6.12. The third kappa shape index (κ3) is 5.75. The molecule has 184 valence electrons. The Morgan fingerprint density at radius 2 is 1.81 bits per heavy atom. The lowest BCUT2D eigenvalue weighted by atomic mass is 10.1. The monoisotopic (exact) mass is 504 g/mol. The van der Waals surface area contributed by atoms with Crippen molar-refractivity contribution in [3.05, 3.63) is 104 Å². The van der Waals surface area contributed by atoms with E-state index in [1.54, 1.807) is 42.5 Å². The van der Waals surface area contributed by atoms with Crippen LogP contribution in [0.1, 0.15) is 29.2 Å². The molecule has 0 spiro atoms. The maximum absolute atomic E-state index is 12.9. The van der Waals surface area contributed by atoms with Crippen molar-refractivity contribution in [2.45, 2.75) is 27.0 Å². The van der Waals surface area contributed by atoms with Crippen molar-refractivity contribution in [1.29, 1.82) is 0 Å². The Labute approximate surface area is 212 Å². The molecule has 8 nitrogen and oxygen atoms in total. The van der Waals surface area contributed by atoms with Crippen molar-refractivity contribution in [2.24, 2.45) is 0 Å². The van der Waals surface area contributed by atoms with Crippen LogP contribution in [0, 0.1) is 17.0 Å². The van der Waals surface area contributed by atoms with E-state index in [1.165, 1.54) is 11.0 Å². The van der Waals surface area contributed by atoms with E-state index in [1.807, 2.05) is 38.1 Å². The van der Waals surface area contributed by atoms with Gasteiger partial charge in [0.2, 0.25) is 0 Å². The number of hydrogen-bond donors (Lipinski definition) is 0. The van der Waals surface area contributed by atoms with Crippen LogP contribution < -0.4 is 9.47 Å². The predicted molar refractivity (Wildman–Crippen MR) is 138 cm³/mol. The van der Waals surface area contributed by atoms with Crippen LogP contribution in [-0.2, 0) is 17.9 Å². The van der Waals surface area contributed by atoms with Crippen LogP contribution in [0.5, 0.6) is 11.5 Å². The summed E-state index contributed by atoms with van der Waals surface area (Å²) in [5.41, 5.74) is 3.03. The first-order valence-electron chi connectivity index (χ1n) is 11.3. The first-order valence-corrected chi connectivity index (χ1v) is 12.1. The lowest BCUT2D eigenvalue weighted by Gasteiger charge is -2.13. The van der Waals surface area contributed by atoms with E-state index in [2.05, 4.69) is 0 Å². The second kappa shape index (κ2) is 11.1. The Morgan fingerprint density at radius 1 is 1.00 bits per heavy atom. The first kappa shape index (κ1) is 25.0. The molecule has 1 aliphatic heterocycles. The number of imide groups is 1. The number of rotatable bonds is 9. The zero-order chi connectivity index (χ0) is 25.7. The molecule has 1 aliphatic rings. The fourth-order valence-electron chi connectivity index (χ4n) is 3.75. The van der Waals surface area contributed by atoms with Gasteiger partial charge in [-0.1, -0.05) is 48.0 Å². The summed E-state index contributed by atoms with van der Waals surface area (Å²) in [5.74, 6) is 0.504. The van der Waals surface area contributed by atoms with Crippen LogP contribution in [0.4, 0.5) is 10.5 Å². The van der Waals surface area contributed by atoms with Crippen LogP contribution in [-0.4, -0.2) is 27.6 Å². The van der Waals surface area contributed by atoms with Gasteiger partial charge in [0.15, 0.2) is 11.5 Å². The van der Waals surface area contributed by atoms with Crippen molar-refractivity contribution >= 4 is 34.7 Å². The summed E-state index contributed by atoms with van der Waals surface area (Å²) in [4.78, 5) is 37.8. The molecular weight excluding hydrogens is 480 g/mol. The molecule has 1 heterocycles.